The van der Waals surface area contributed by atoms with Crippen molar-refractivity contribution in [2.24, 2.45) is 0 Å². The molecule has 1 unspecified atom stereocenters. The number of carbonyl (C=O) groups excluding carboxylic acids is 2. The third-order valence-electron chi connectivity index (χ3n) is 2.60. The van der Waals surface area contributed by atoms with E-state index in [1.54, 1.807) is 7.05 Å². The number of likely N-dealkylation sites (N-methyl/N-ethyl adjacent to an activating group) is 1. The van der Waals surface area contributed by atoms with E-state index in [1.165, 1.54) is 12.0 Å². The van der Waals surface area contributed by atoms with E-state index in [0.717, 1.165) is 19.4 Å². The molecule has 0 aromatic carbocycles. The summed E-state index contributed by atoms with van der Waals surface area (Å²) in [5.74, 6) is -0.398. The maximum Gasteiger partial charge on any atom is 0.325 e. The topological polar surface area (TPSA) is 58.6 Å². The molecule has 1 rings (SSSR count). The Morgan fingerprint density at radius 3 is 2.80 bits per heavy atom. The van der Waals surface area contributed by atoms with Gasteiger partial charge in [0.15, 0.2) is 0 Å². The monoisotopic (exact) mass is 214 g/mol. The molecule has 1 atom stereocenters. The molecule has 0 aliphatic carbocycles. The van der Waals surface area contributed by atoms with E-state index in [0.29, 0.717) is 6.42 Å². The van der Waals surface area contributed by atoms with Gasteiger partial charge in [0.2, 0.25) is 5.91 Å². The quantitative estimate of drug-likeness (QED) is 0.656. The molecule has 0 aromatic heterocycles. The third-order valence-corrected chi connectivity index (χ3v) is 2.60. The van der Waals surface area contributed by atoms with Crippen molar-refractivity contribution in [2.75, 3.05) is 27.2 Å². The van der Waals surface area contributed by atoms with Crippen LogP contribution in [0.2, 0.25) is 0 Å². The SMILES string of the molecule is COC(=O)CN(C)C(=O)CC1CCCN1. The fourth-order valence-electron chi connectivity index (χ4n) is 1.64. The number of ether oxygens (including phenoxy) is 1. The van der Waals surface area contributed by atoms with Crippen molar-refractivity contribution in [1.82, 2.24) is 10.2 Å². The molecule has 86 valence electrons. The zero-order chi connectivity index (χ0) is 11.3. The lowest BCUT2D eigenvalue weighted by Crippen LogP contribution is -2.36. The molecule has 0 aromatic rings. The Bertz CT molecular complexity index is 237. The Hall–Kier alpha value is -1.10. The number of amides is 1. The Labute approximate surface area is 89.8 Å². The van der Waals surface area contributed by atoms with Crippen molar-refractivity contribution >= 4 is 11.9 Å². The summed E-state index contributed by atoms with van der Waals surface area (Å²) in [6.07, 6.45) is 2.63. The Morgan fingerprint density at radius 1 is 1.53 bits per heavy atom. The molecule has 1 amide bonds. The minimum Gasteiger partial charge on any atom is -0.468 e. The second kappa shape index (κ2) is 5.70. The van der Waals surface area contributed by atoms with Crippen molar-refractivity contribution < 1.29 is 14.3 Å². The lowest BCUT2D eigenvalue weighted by Gasteiger charge is -2.18. The molecule has 1 aliphatic heterocycles. The number of methoxy groups -OCH3 is 1. The van der Waals surface area contributed by atoms with Gasteiger partial charge in [0, 0.05) is 19.5 Å². The van der Waals surface area contributed by atoms with Gasteiger partial charge in [0.25, 0.3) is 0 Å². The number of hydrogen-bond donors (Lipinski definition) is 1. The fraction of sp³-hybridized carbons (Fsp3) is 0.800. The lowest BCUT2D eigenvalue weighted by atomic mass is 10.1. The van der Waals surface area contributed by atoms with Crippen LogP contribution in [0, 0.1) is 0 Å². The van der Waals surface area contributed by atoms with E-state index in [1.807, 2.05) is 0 Å². The van der Waals surface area contributed by atoms with E-state index < -0.39 is 0 Å². The highest BCUT2D eigenvalue weighted by molar-refractivity contribution is 5.82. The lowest BCUT2D eigenvalue weighted by molar-refractivity contribution is -0.146. The molecule has 1 aliphatic rings. The van der Waals surface area contributed by atoms with Crippen LogP contribution in [-0.2, 0) is 14.3 Å². The minimum absolute atomic E-state index is 0.0141. The summed E-state index contributed by atoms with van der Waals surface area (Å²) < 4.78 is 4.49. The number of nitrogens with zero attached hydrogens (tertiary/aromatic N) is 1. The van der Waals surface area contributed by atoms with Crippen LogP contribution in [0.25, 0.3) is 0 Å². The molecule has 0 saturated carbocycles. The molecule has 5 nitrogen and oxygen atoms in total. The molecular formula is C10H18N2O3. The van der Waals surface area contributed by atoms with Gasteiger partial charge >= 0.3 is 5.97 Å². The second-order valence-electron chi connectivity index (χ2n) is 3.82. The summed E-state index contributed by atoms with van der Waals surface area (Å²) in [5.41, 5.74) is 0. The molecule has 15 heavy (non-hydrogen) atoms. The number of nitrogens with one attached hydrogen (secondary N) is 1. The van der Waals surface area contributed by atoms with Crippen LogP contribution >= 0.6 is 0 Å². The maximum absolute atomic E-state index is 11.6. The van der Waals surface area contributed by atoms with Gasteiger partial charge in [-0.05, 0) is 19.4 Å². The first-order chi connectivity index (χ1) is 7.13. The standard InChI is InChI=1S/C10H18N2O3/c1-12(7-10(14)15-2)9(13)6-8-4-3-5-11-8/h8,11H,3-7H2,1-2H3. The average molecular weight is 214 g/mol. The summed E-state index contributed by atoms with van der Waals surface area (Å²) in [6, 6.07) is 0.276. The van der Waals surface area contributed by atoms with Gasteiger partial charge in [0.05, 0.1) is 7.11 Å². The fourth-order valence-corrected chi connectivity index (χ4v) is 1.64. The largest absolute Gasteiger partial charge is 0.468 e. The van der Waals surface area contributed by atoms with Gasteiger partial charge in [-0.2, -0.15) is 0 Å². The highest BCUT2D eigenvalue weighted by Crippen LogP contribution is 2.09. The van der Waals surface area contributed by atoms with E-state index in [4.69, 9.17) is 0 Å². The summed E-state index contributed by atoms with van der Waals surface area (Å²) in [5, 5.41) is 3.25. The van der Waals surface area contributed by atoms with E-state index >= 15 is 0 Å². The van der Waals surface area contributed by atoms with Gasteiger partial charge in [0.1, 0.15) is 6.54 Å². The predicted octanol–water partition coefficient (Wildman–Crippen LogP) is -0.240. The van der Waals surface area contributed by atoms with Gasteiger partial charge in [-0.1, -0.05) is 0 Å². The number of rotatable bonds is 4. The van der Waals surface area contributed by atoms with Crippen LogP contribution in [0.1, 0.15) is 19.3 Å². The number of hydrogen-bond acceptors (Lipinski definition) is 4. The summed E-state index contributed by atoms with van der Waals surface area (Å²) >= 11 is 0. The number of esters is 1. The van der Waals surface area contributed by atoms with Gasteiger partial charge in [-0.15, -0.1) is 0 Å². The van der Waals surface area contributed by atoms with Crippen molar-refractivity contribution in [1.29, 1.82) is 0 Å². The first-order valence-electron chi connectivity index (χ1n) is 5.17. The Kier molecular flexibility index (Phi) is 4.55. The van der Waals surface area contributed by atoms with Gasteiger partial charge in [-0.25, -0.2) is 0 Å². The smallest absolute Gasteiger partial charge is 0.325 e. The van der Waals surface area contributed by atoms with Gasteiger partial charge < -0.3 is 15.0 Å². The van der Waals surface area contributed by atoms with E-state index in [9.17, 15) is 9.59 Å². The Balaban J connectivity index is 2.28. The normalized spacial score (nSPS) is 20.0. The summed E-state index contributed by atoms with van der Waals surface area (Å²) in [7, 11) is 2.94. The van der Waals surface area contributed by atoms with Crippen LogP contribution in [-0.4, -0.2) is 50.1 Å². The van der Waals surface area contributed by atoms with Crippen LogP contribution in [0.5, 0.6) is 0 Å². The van der Waals surface area contributed by atoms with Crippen molar-refractivity contribution in [3.05, 3.63) is 0 Å². The molecule has 1 N–H and O–H groups in total. The molecule has 0 radical (unpaired) electrons. The third kappa shape index (κ3) is 3.87. The van der Waals surface area contributed by atoms with E-state index in [2.05, 4.69) is 10.1 Å². The van der Waals surface area contributed by atoms with Crippen molar-refractivity contribution in [2.45, 2.75) is 25.3 Å². The van der Waals surface area contributed by atoms with Crippen molar-refractivity contribution in [3.63, 3.8) is 0 Å². The van der Waals surface area contributed by atoms with Crippen molar-refractivity contribution in [3.8, 4) is 0 Å². The summed E-state index contributed by atoms with van der Waals surface area (Å²) in [6.45, 7) is 1.01. The number of carbonyl (C=O) groups is 2. The van der Waals surface area contributed by atoms with Gasteiger partial charge in [-0.3, -0.25) is 9.59 Å². The summed E-state index contributed by atoms with van der Waals surface area (Å²) in [4.78, 5) is 24.0. The Morgan fingerprint density at radius 2 is 2.27 bits per heavy atom. The first kappa shape index (κ1) is 12.0. The van der Waals surface area contributed by atoms with Crippen LogP contribution in [0.15, 0.2) is 0 Å². The zero-order valence-electron chi connectivity index (χ0n) is 9.28. The molecule has 1 saturated heterocycles. The van der Waals surface area contributed by atoms with Crippen LogP contribution in [0.3, 0.4) is 0 Å². The highest BCUT2D eigenvalue weighted by atomic mass is 16.5. The second-order valence-corrected chi connectivity index (χ2v) is 3.82. The average Bonchev–Trinajstić information content (AvgIpc) is 2.70. The zero-order valence-corrected chi connectivity index (χ0v) is 9.28. The molecule has 0 spiro atoms. The highest BCUT2D eigenvalue weighted by Gasteiger charge is 2.20. The molecule has 1 fully saturated rings. The van der Waals surface area contributed by atoms with E-state index in [-0.39, 0.29) is 24.5 Å². The maximum atomic E-state index is 11.6. The molecule has 1 heterocycles. The van der Waals surface area contributed by atoms with Crippen LogP contribution in [0.4, 0.5) is 0 Å². The molecule has 0 bridgehead atoms. The minimum atomic E-state index is -0.384. The van der Waals surface area contributed by atoms with Crippen LogP contribution < -0.4 is 5.32 Å². The predicted molar refractivity (Wildman–Crippen MR) is 55.3 cm³/mol. The first-order valence-corrected chi connectivity index (χ1v) is 5.17. The molecule has 5 heteroatoms. The molecular weight excluding hydrogens is 196 g/mol.